The van der Waals surface area contributed by atoms with Gasteiger partial charge in [-0.1, -0.05) is 51.9 Å². The van der Waals surface area contributed by atoms with Crippen LogP contribution < -0.4 is 5.32 Å². The number of hydrogen-bond acceptors (Lipinski definition) is 9. The summed E-state index contributed by atoms with van der Waals surface area (Å²) >= 11 is 0. The van der Waals surface area contributed by atoms with Crippen LogP contribution in [0.2, 0.25) is 0 Å². The molecule has 1 saturated heterocycles. The molecule has 1 N–H and O–H groups in total. The summed E-state index contributed by atoms with van der Waals surface area (Å²) in [6, 6.07) is 0. The van der Waals surface area contributed by atoms with Crippen LogP contribution in [-0.4, -0.2) is 118 Å². The number of nitrogens with one attached hydrogen (secondary N) is 1. The number of hydrogen-bond donors (Lipinski definition) is 1. The summed E-state index contributed by atoms with van der Waals surface area (Å²) in [7, 11) is 0. The van der Waals surface area contributed by atoms with Crippen molar-refractivity contribution in [2.75, 3.05) is 112 Å². The molecular weight excluding hydrogens is 490 g/mol. The quantitative estimate of drug-likeness (QED) is 0.129. The van der Waals surface area contributed by atoms with E-state index in [-0.39, 0.29) is 0 Å². The molecule has 0 aliphatic carbocycles. The second-order valence-electron chi connectivity index (χ2n) is 9.58. The standard InChI is InChI=1S/C29H59NO8/c1-2-3-4-5-6-7-8-9-14-31-15-16-32-17-18-33-19-20-34-21-22-35-23-24-36-25-26-37-27-28-38-29-10-12-30-13-11-29/h29-30H,2-28H2,1H3. The summed E-state index contributed by atoms with van der Waals surface area (Å²) in [5, 5.41) is 3.33. The molecule has 0 atom stereocenters. The molecule has 0 unspecified atom stereocenters. The van der Waals surface area contributed by atoms with Crippen LogP contribution in [0, 0.1) is 0 Å². The van der Waals surface area contributed by atoms with Crippen LogP contribution in [-0.2, 0) is 37.9 Å². The smallest absolute Gasteiger partial charge is 0.0704 e. The number of rotatable bonds is 31. The van der Waals surface area contributed by atoms with Gasteiger partial charge in [0.25, 0.3) is 0 Å². The molecule has 0 spiro atoms. The van der Waals surface area contributed by atoms with Gasteiger partial charge in [-0.2, -0.15) is 0 Å². The van der Waals surface area contributed by atoms with Gasteiger partial charge in [-0.15, -0.1) is 0 Å². The largest absolute Gasteiger partial charge is 0.379 e. The first-order chi connectivity index (χ1) is 18.9. The summed E-state index contributed by atoms with van der Waals surface area (Å²) < 4.78 is 44.5. The van der Waals surface area contributed by atoms with Gasteiger partial charge in [-0.25, -0.2) is 0 Å². The lowest BCUT2D eigenvalue weighted by atomic mass is 10.1. The Bertz CT molecular complexity index is 441. The minimum Gasteiger partial charge on any atom is -0.379 e. The molecule has 228 valence electrons. The third-order valence-corrected chi connectivity index (χ3v) is 6.24. The summed E-state index contributed by atoms with van der Waals surface area (Å²) in [4.78, 5) is 0. The lowest BCUT2D eigenvalue weighted by Gasteiger charge is -2.22. The molecule has 9 nitrogen and oxygen atoms in total. The minimum absolute atomic E-state index is 0.383. The van der Waals surface area contributed by atoms with E-state index in [1.54, 1.807) is 0 Å². The van der Waals surface area contributed by atoms with Gasteiger partial charge in [0, 0.05) is 6.61 Å². The Morgan fingerprint density at radius 3 is 1.18 bits per heavy atom. The average molecular weight is 550 g/mol. The van der Waals surface area contributed by atoms with Gasteiger partial charge in [0.05, 0.1) is 98.6 Å². The third kappa shape index (κ3) is 27.2. The maximum atomic E-state index is 5.79. The highest BCUT2D eigenvalue weighted by Crippen LogP contribution is 2.08. The van der Waals surface area contributed by atoms with E-state index in [4.69, 9.17) is 37.9 Å². The van der Waals surface area contributed by atoms with Crippen LogP contribution in [0.4, 0.5) is 0 Å². The molecule has 1 aliphatic rings. The second-order valence-corrected chi connectivity index (χ2v) is 9.58. The highest BCUT2D eigenvalue weighted by molar-refractivity contribution is 4.67. The van der Waals surface area contributed by atoms with Crippen LogP contribution in [0.1, 0.15) is 71.1 Å². The number of unbranched alkanes of at least 4 members (excludes halogenated alkanes) is 7. The summed E-state index contributed by atoms with van der Waals surface area (Å²) in [6.07, 6.45) is 13.2. The highest BCUT2D eigenvalue weighted by atomic mass is 16.6. The molecule has 1 rings (SSSR count). The Balaban J connectivity index is 1.61. The first-order valence-corrected chi connectivity index (χ1v) is 15.3. The van der Waals surface area contributed by atoms with Gasteiger partial charge in [0.2, 0.25) is 0 Å². The molecule has 0 saturated carbocycles. The second kappa shape index (κ2) is 31.2. The van der Waals surface area contributed by atoms with E-state index < -0.39 is 0 Å². The van der Waals surface area contributed by atoms with Crippen molar-refractivity contribution in [3.8, 4) is 0 Å². The molecule has 0 aromatic carbocycles. The SMILES string of the molecule is CCCCCCCCCCOCCOCCOCCOCCOCCOCCOCCOC1CCNCC1. The Hall–Kier alpha value is -0.360. The maximum Gasteiger partial charge on any atom is 0.0704 e. The molecule has 1 fully saturated rings. The first-order valence-electron chi connectivity index (χ1n) is 15.3. The summed E-state index contributed by atoms with van der Waals surface area (Å²) in [6.45, 7) is 13.4. The van der Waals surface area contributed by atoms with Crippen molar-refractivity contribution in [1.82, 2.24) is 5.32 Å². The molecule has 38 heavy (non-hydrogen) atoms. The van der Waals surface area contributed by atoms with Crippen molar-refractivity contribution >= 4 is 0 Å². The summed E-state index contributed by atoms with van der Waals surface area (Å²) in [5.41, 5.74) is 0. The Labute approximate surface area is 232 Å². The van der Waals surface area contributed by atoms with Crippen LogP contribution >= 0.6 is 0 Å². The first kappa shape index (κ1) is 35.7. The Kier molecular flexibility index (Phi) is 29.3. The average Bonchev–Trinajstić information content (AvgIpc) is 2.94. The lowest BCUT2D eigenvalue weighted by molar-refractivity contribution is -0.0313. The maximum absolute atomic E-state index is 5.79. The van der Waals surface area contributed by atoms with E-state index in [2.05, 4.69) is 12.2 Å². The van der Waals surface area contributed by atoms with Crippen LogP contribution in [0.25, 0.3) is 0 Å². The highest BCUT2D eigenvalue weighted by Gasteiger charge is 2.12. The molecule has 9 heteroatoms. The van der Waals surface area contributed by atoms with Crippen molar-refractivity contribution in [3.05, 3.63) is 0 Å². The van der Waals surface area contributed by atoms with E-state index >= 15 is 0 Å². The van der Waals surface area contributed by atoms with Crippen LogP contribution in [0.15, 0.2) is 0 Å². The van der Waals surface area contributed by atoms with Crippen molar-refractivity contribution in [2.45, 2.75) is 77.2 Å². The van der Waals surface area contributed by atoms with Crippen molar-refractivity contribution < 1.29 is 37.9 Å². The van der Waals surface area contributed by atoms with Gasteiger partial charge < -0.3 is 43.2 Å². The normalized spacial score (nSPS) is 14.4. The predicted molar refractivity (Wildman–Crippen MR) is 150 cm³/mol. The molecule has 0 radical (unpaired) electrons. The van der Waals surface area contributed by atoms with E-state index in [0.29, 0.717) is 98.6 Å². The zero-order chi connectivity index (χ0) is 27.0. The van der Waals surface area contributed by atoms with E-state index in [0.717, 1.165) is 39.0 Å². The lowest BCUT2D eigenvalue weighted by Crippen LogP contribution is -2.33. The molecule has 0 bridgehead atoms. The third-order valence-electron chi connectivity index (χ3n) is 6.24. The van der Waals surface area contributed by atoms with Gasteiger partial charge in [-0.05, 0) is 32.4 Å². The van der Waals surface area contributed by atoms with Crippen LogP contribution in [0.3, 0.4) is 0 Å². The van der Waals surface area contributed by atoms with Crippen molar-refractivity contribution in [1.29, 1.82) is 0 Å². The number of piperidine rings is 1. The minimum atomic E-state index is 0.383. The monoisotopic (exact) mass is 549 g/mol. The zero-order valence-corrected chi connectivity index (χ0v) is 24.4. The van der Waals surface area contributed by atoms with Crippen molar-refractivity contribution in [3.63, 3.8) is 0 Å². The predicted octanol–water partition coefficient (Wildman–Crippen LogP) is 4.01. The Morgan fingerprint density at radius 2 is 0.763 bits per heavy atom. The Morgan fingerprint density at radius 1 is 0.421 bits per heavy atom. The van der Waals surface area contributed by atoms with Gasteiger partial charge >= 0.3 is 0 Å². The summed E-state index contributed by atoms with van der Waals surface area (Å²) in [5.74, 6) is 0. The molecule has 0 amide bonds. The van der Waals surface area contributed by atoms with Gasteiger partial charge in [0.15, 0.2) is 0 Å². The molecular formula is C29H59NO8. The fourth-order valence-electron chi connectivity index (χ4n) is 4.00. The topological polar surface area (TPSA) is 85.9 Å². The van der Waals surface area contributed by atoms with Crippen molar-refractivity contribution in [2.24, 2.45) is 0 Å². The van der Waals surface area contributed by atoms with E-state index in [1.165, 1.54) is 44.9 Å². The van der Waals surface area contributed by atoms with Gasteiger partial charge in [0.1, 0.15) is 0 Å². The van der Waals surface area contributed by atoms with Gasteiger partial charge in [-0.3, -0.25) is 0 Å². The fourth-order valence-corrected chi connectivity index (χ4v) is 4.00. The fraction of sp³-hybridized carbons (Fsp3) is 1.00. The molecule has 1 heterocycles. The van der Waals surface area contributed by atoms with Crippen LogP contribution in [0.5, 0.6) is 0 Å². The van der Waals surface area contributed by atoms with E-state index in [1.807, 2.05) is 0 Å². The molecule has 0 aromatic heterocycles. The molecule has 1 aliphatic heterocycles. The van der Waals surface area contributed by atoms with E-state index in [9.17, 15) is 0 Å². The molecule has 0 aromatic rings. The number of ether oxygens (including phenoxy) is 8. The zero-order valence-electron chi connectivity index (χ0n) is 24.4.